The minimum absolute atomic E-state index is 0. The normalized spacial score (nSPS) is 10.2. The molecule has 0 radical (unpaired) electrons. The quantitative estimate of drug-likeness (QED) is 0.0828. The van der Waals surface area contributed by atoms with Crippen LogP contribution in [0.5, 0.6) is 11.5 Å². The number of methoxy groups -OCH3 is 2. The maximum Gasteiger partial charge on any atom is 1.00 e. The largest absolute Gasteiger partial charge is 1.00 e. The first-order valence-electron chi connectivity index (χ1n) is 18.6. The molecular formula is C49H51LiO6. The molecule has 0 bridgehead atoms. The van der Waals surface area contributed by atoms with Crippen LogP contribution in [0.15, 0.2) is 146 Å². The Balaban J connectivity index is 0.000000290. The van der Waals surface area contributed by atoms with Crippen LogP contribution in [0.2, 0.25) is 0 Å². The number of carboxylic acid groups (broad SMARTS) is 1. The molecule has 0 aromatic heterocycles. The maximum atomic E-state index is 11.3. The fourth-order valence-corrected chi connectivity index (χ4v) is 6.20. The van der Waals surface area contributed by atoms with Gasteiger partial charge in [-0.05, 0) is 139 Å². The van der Waals surface area contributed by atoms with Crippen molar-refractivity contribution >= 4 is 11.8 Å². The summed E-state index contributed by atoms with van der Waals surface area (Å²) in [6.07, 6.45) is 7.96. The second kappa shape index (κ2) is 23.5. The molecule has 6 rings (SSSR count). The molecule has 7 heteroatoms. The van der Waals surface area contributed by atoms with Crippen molar-refractivity contribution in [2.24, 2.45) is 0 Å². The van der Waals surface area contributed by atoms with E-state index in [9.17, 15) is 9.59 Å². The number of ketones is 1. The molecule has 0 heterocycles. The van der Waals surface area contributed by atoms with Crippen LogP contribution in [0, 0.1) is 0 Å². The molecule has 0 spiro atoms. The van der Waals surface area contributed by atoms with Crippen LogP contribution in [-0.4, -0.2) is 36.6 Å². The van der Waals surface area contributed by atoms with Crippen molar-refractivity contribution in [2.45, 2.75) is 58.3 Å². The third kappa shape index (κ3) is 14.7. The molecule has 0 saturated carbocycles. The molecular weight excluding hydrogens is 691 g/mol. The van der Waals surface area contributed by atoms with Crippen LogP contribution >= 0.6 is 0 Å². The van der Waals surface area contributed by atoms with E-state index in [1.54, 1.807) is 33.3 Å². The van der Waals surface area contributed by atoms with Gasteiger partial charge in [0.1, 0.15) is 11.5 Å². The molecule has 6 nitrogen and oxygen atoms in total. The van der Waals surface area contributed by atoms with Gasteiger partial charge in [-0.25, -0.2) is 4.79 Å². The van der Waals surface area contributed by atoms with Crippen LogP contribution in [0.3, 0.4) is 0 Å². The summed E-state index contributed by atoms with van der Waals surface area (Å²) in [5, 5.41) is 8.94. The first-order valence-corrected chi connectivity index (χ1v) is 18.6. The minimum Gasteiger partial charge on any atom is -0.870 e. The molecule has 0 aliphatic carbocycles. The van der Waals surface area contributed by atoms with E-state index >= 15 is 0 Å². The topological polar surface area (TPSA) is 103 Å². The fourth-order valence-electron chi connectivity index (χ4n) is 6.20. The molecule has 0 aliphatic heterocycles. The van der Waals surface area contributed by atoms with Gasteiger partial charge in [-0.2, -0.15) is 0 Å². The summed E-state index contributed by atoms with van der Waals surface area (Å²) in [5.74, 6) is 1.03. The van der Waals surface area contributed by atoms with Crippen molar-refractivity contribution in [1.82, 2.24) is 0 Å². The summed E-state index contributed by atoms with van der Waals surface area (Å²) in [6.45, 7) is 1.60. The fraction of sp³-hybridized carbons (Fsp3) is 0.224. The summed E-state index contributed by atoms with van der Waals surface area (Å²) >= 11 is 0. The van der Waals surface area contributed by atoms with E-state index in [4.69, 9.17) is 14.6 Å². The number of carbonyl (C=O) groups is 2. The van der Waals surface area contributed by atoms with Crippen LogP contribution in [0.4, 0.5) is 0 Å². The number of carbonyl (C=O) groups excluding carboxylic acids is 1. The summed E-state index contributed by atoms with van der Waals surface area (Å²) in [7, 11) is 3.37. The third-order valence-electron chi connectivity index (χ3n) is 9.73. The van der Waals surface area contributed by atoms with Crippen molar-refractivity contribution in [1.29, 1.82) is 0 Å². The van der Waals surface area contributed by atoms with Gasteiger partial charge < -0.3 is 20.1 Å². The summed E-state index contributed by atoms with van der Waals surface area (Å²) < 4.78 is 10.4. The van der Waals surface area contributed by atoms with Gasteiger partial charge in [0, 0.05) is 5.56 Å². The maximum absolute atomic E-state index is 11.3. The van der Waals surface area contributed by atoms with Gasteiger partial charge >= 0.3 is 24.8 Å². The zero-order valence-corrected chi connectivity index (χ0v) is 33.0. The van der Waals surface area contributed by atoms with Crippen molar-refractivity contribution in [3.63, 3.8) is 0 Å². The monoisotopic (exact) mass is 742 g/mol. The van der Waals surface area contributed by atoms with Crippen molar-refractivity contribution < 1.29 is 48.5 Å². The first kappa shape index (κ1) is 45.0. The van der Waals surface area contributed by atoms with Gasteiger partial charge in [-0.3, -0.25) is 4.79 Å². The van der Waals surface area contributed by atoms with Crippen molar-refractivity contribution in [3.8, 4) is 11.5 Å². The van der Waals surface area contributed by atoms with E-state index in [-0.39, 0.29) is 30.1 Å². The van der Waals surface area contributed by atoms with E-state index in [2.05, 4.69) is 84.9 Å². The molecule has 6 aromatic rings. The molecule has 0 aliphatic rings. The molecule has 0 amide bonds. The van der Waals surface area contributed by atoms with Gasteiger partial charge in [-0.15, -0.1) is 0 Å². The molecule has 0 fully saturated rings. The molecule has 56 heavy (non-hydrogen) atoms. The van der Waals surface area contributed by atoms with Crippen LogP contribution in [-0.2, 0) is 51.4 Å². The number of hydrogen-bond donors (Lipinski definition) is 1. The Bertz CT molecular complexity index is 1890. The Morgan fingerprint density at radius 3 is 0.786 bits per heavy atom. The van der Waals surface area contributed by atoms with Gasteiger partial charge in [0.15, 0.2) is 5.78 Å². The number of hydrogen-bond acceptors (Lipinski definition) is 5. The predicted molar refractivity (Wildman–Crippen MR) is 220 cm³/mol. The first-order chi connectivity index (χ1) is 26.3. The summed E-state index contributed by atoms with van der Waals surface area (Å²) in [6, 6.07) is 49.3. The predicted octanol–water partition coefficient (Wildman–Crippen LogP) is 7.26. The van der Waals surface area contributed by atoms with Crippen LogP contribution < -0.4 is 28.3 Å². The molecule has 0 saturated heterocycles. The van der Waals surface area contributed by atoms with Gasteiger partial charge in [-0.1, -0.05) is 109 Å². The standard InChI is InChI=1S/C25H26O2.C24H24O3.Li.H2O/c1-19(26)24-15-11-22(12-16-24)9-7-20-3-5-21(6-4-20)8-10-23-13-17-25(27-2)18-14-23;1-27-23-16-12-21(13-17-23)9-7-19-4-2-18(3-5-19)6-8-20-10-14-22(15-11-20)24(25)26;;/h3-6,11-18H,7-10H2,1-2H3;2-5,10-17H,6-9H2,1H3,(H,25,26);;1H2/q;;+1;/p-1. The van der Waals surface area contributed by atoms with E-state index < -0.39 is 5.97 Å². The molecule has 6 aromatic carbocycles. The zero-order chi connectivity index (χ0) is 38.1. The van der Waals surface area contributed by atoms with E-state index in [0.717, 1.165) is 74.0 Å². The average molecular weight is 743 g/mol. The molecule has 2 N–H and O–H groups in total. The smallest absolute Gasteiger partial charge is 0.870 e. The van der Waals surface area contributed by atoms with Gasteiger partial charge in [0.25, 0.3) is 0 Å². The molecule has 0 atom stereocenters. The zero-order valence-electron chi connectivity index (χ0n) is 33.0. The number of aromatic carboxylic acids is 1. The SMILES string of the molecule is COc1ccc(CCc2ccc(CCc3ccc(C(=O)O)cc3)cc2)cc1.COc1ccc(CCc2ccc(CCc3ccc(C(C)=O)cc3)cc2)cc1.[Li+].[OH-]. The Labute approximate surface area is 344 Å². The van der Waals surface area contributed by atoms with Crippen molar-refractivity contribution in [3.05, 3.63) is 201 Å². The Hall–Kier alpha value is -5.38. The number of aryl methyl sites for hydroxylation is 8. The van der Waals surface area contributed by atoms with E-state index in [0.29, 0.717) is 5.56 Å². The number of Topliss-reactive ketones (excluding diaryl/α,β-unsaturated/α-hetero) is 1. The second-order valence-corrected chi connectivity index (χ2v) is 13.6. The second-order valence-electron chi connectivity index (χ2n) is 13.6. The third-order valence-corrected chi connectivity index (χ3v) is 9.73. The van der Waals surface area contributed by atoms with Crippen LogP contribution in [0.25, 0.3) is 0 Å². The van der Waals surface area contributed by atoms with Gasteiger partial charge in [0.05, 0.1) is 19.8 Å². The number of benzene rings is 6. The summed E-state index contributed by atoms with van der Waals surface area (Å²) in [4.78, 5) is 22.2. The average Bonchev–Trinajstić information content (AvgIpc) is 3.22. The molecule has 0 unspecified atom stereocenters. The van der Waals surface area contributed by atoms with E-state index in [1.807, 2.05) is 48.5 Å². The molecule has 284 valence electrons. The summed E-state index contributed by atoms with van der Waals surface area (Å²) in [5.41, 5.74) is 11.5. The van der Waals surface area contributed by atoms with Crippen LogP contribution in [0.1, 0.15) is 72.1 Å². The number of carboxylic acids is 1. The Morgan fingerprint density at radius 2 is 0.589 bits per heavy atom. The van der Waals surface area contributed by atoms with Gasteiger partial charge in [0.2, 0.25) is 0 Å². The Morgan fingerprint density at radius 1 is 0.393 bits per heavy atom. The van der Waals surface area contributed by atoms with Crippen molar-refractivity contribution in [2.75, 3.05) is 14.2 Å². The Kier molecular flexibility index (Phi) is 18.9. The minimum atomic E-state index is -0.883. The number of ether oxygens (including phenoxy) is 2. The van der Waals surface area contributed by atoms with E-state index in [1.165, 1.54) is 38.9 Å². The number of rotatable bonds is 16.